The first-order valence-corrected chi connectivity index (χ1v) is 10.4. The number of hydrogen-bond acceptors (Lipinski definition) is 7. The zero-order valence-electron chi connectivity index (χ0n) is 16.2. The lowest BCUT2D eigenvalue weighted by Gasteiger charge is -2.18. The topological polar surface area (TPSA) is 83.5 Å². The number of benzene rings is 2. The second kappa shape index (κ2) is 8.89. The van der Waals surface area contributed by atoms with Crippen LogP contribution in [-0.2, 0) is 4.74 Å². The molecule has 0 aliphatic carbocycles. The Labute approximate surface area is 186 Å². The summed E-state index contributed by atoms with van der Waals surface area (Å²) in [5.41, 5.74) is 1.46. The molecule has 0 spiro atoms. The predicted molar refractivity (Wildman–Crippen MR) is 121 cm³/mol. The zero-order chi connectivity index (χ0) is 22.0. The first kappa shape index (κ1) is 21.0. The number of pyridine rings is 1. The lowest BCUT2D eigenvalue weighted by Crippen LogP contribution is -2.13. The highest BCUT2D eigenvalue weighted by Gasteiger charge is 2.18. The number of ether oxygens (including phenoxy) is 1. The van der Waals surface area contributed by atoms with E-state index < -0.39 is 18.0 Å². The molecular weight excluding hydrogens is 441 g/mol. The molecule has 3 N–H and O–H groups in total. The fourth-order valence-corrected chi connectivity index (χ4v) is 4.20. The summed E-state index contributed by atoms with van der Waals surface area (Å²) in [4.78, 5) is 16.2. The van der Waals surface area contributed by atoms with Crippen LogP contribution in [0.25, 0.3) is 10.1 Å². The minimum atomic E-state index is -1.09. The fourth-order valence-electron chi connectivity index (χ4n) is 3.06. The van der Waals surface area contributed by atoms with Crippen LogP contribution >= 0.6 is 22.9 Å². The number of fused-ring (bicyclic) bond motifs is 1. The molecule has 4 aromatic rings. The number of rotatable bonds is 6. The van der Waals surface area contributed by atoms with Gasteiger partial charge in [-0.3, -0.25) is 0 Å². The van der Waals surface area contributed by atoms with Crippen LogP contribution in [0.15, 0.2) is 60.1 Å². The molecule has 2 aromatic carbocycles. The van der Waals surface area contributed by atoms with Crippen LogP contribution in [0.1, 0.15) is 22.1 Å². The van der Waals surface area contributed by atoms with Crippen LogP contribution in [0, 0.1) is 5.82 Å². The standard InChI is InChI=1S/C22H17ClFN3O3S/c1-30-22(29)12-8-18(20(25-10-12)26-17-9-13(24)6-7-16(17)23)27-21(28)15-11-31-19-5-3-2-4-14(15)19/h2-11,21,27-28H,1H3,(H,25,26). The SMILES string of the molecule is COC(=O)c1cnc(Nc2cc(F)ccc2Cl)c(NC(O)c2csc3ccccc23)c1. The lowest BCUT2D eigenvalue weighted by molar-refractivity contribution is 0.0600. The molecule has 0 saturated heterocycles. The summed E-state index contributed by atoms with van der Waals surface area (Å²) < 4.78 is 19.5. The van der Waals surface area contributed by atoms with E-state index in [4.69, 9.17) is 16.3 Å². The Kier molecular flexibility index (Phi) is 6.03. The lowest BCUT2D eigenvalue weighted by atomic mass is 10.1. The summed E-state index contributed by atoms with van der Waals surface area (Å²) in [5.74, 6) is -0.808. The highest BCUT2D eigenvalue weighted by molar-refractivity contribution is 7.17. The van der Waals surface area contributed by atoms with Crippen molar-refractivity contribution < 1.29 is 19.0 Å². The maximum Gasteiger partial charge on any atom is 0.339 e. The van der Waals surface area contributed by atoms with Crippen LogP contribution in [0.4, 0.5) is 21.6 Å². The molecule has 6 nitrogen and oxygen atoms in total. The van der Waals surface area contributed by atoms with Crippen molar-refractivity contribution in [2.75, 3.05) is 17.7 Å². The molecule has 2 heterocycles. The summed E-state index contributed by atoms with van der Waals surface area (Å²) in [6, 6.07) is 13.1. The number of carbonyl (C=O) groups is 1. The van der Waals surface area contributed by atoms with E-state index in [1.54, 1.807) is 0 Å². The van der Waals surface area contributed by atoms with Gasteiger partial charge < -0.3 is 20.5 Å². The summed E-state index contributed by atoms with van der Waals surface area (Å²) >= 11 is 7.67. The Morgan fingerprint density at radius 2 is 2.03 bits per heavy atom. The normalized spacial score (nSPS) is 11.9. The van der Waals surface area contributed by atoms with Gasteiger partial charge in [0.05, 0.1) is 29.1 Å². The van der Waals surface area contributed by atoms with Gasteiger partial charge in [-0.05, 0) is 35.7 Å². The summed E-state index contributed by atoms with van der Waals surface area (Å²) in [6.07, 6.45) is 0.230. The average molecular weight is 458 g/mol. The maximum atomic E-state index is 13.7. The van der Waals surface area contributed by atoms with Crippen molar-refractivity contribution in [1.29, 1.82) is 0 Å². The second-order valence-electron chi connectivity index (χ2n) is 6.59. The third kappa shape index (κ3) is 4.46. The first-order valence-electron chi connectivity index (χ1n) is 9.17. The van der Waals surface area contributed by atoms with E-state index in [-0.39, 0.29) is 16.4 Å². The van der Waals surface area contributed by atoms with Crippen molar-refractivity contribution in [1.82, 2.24) is 4.98 Å². The summed E-state index contributed by atoms with van der Waals surface area (Å²) in [5, 5.41) is 19.8. The molecule has 1 unspecified atom stereocenters. The third-order valence-corrected chi connectivity index (χ3v) is 5.90. The number of aromatic nitrogens is 1. The molecule has 4 rings (SSSR count). The van der Waals surface area contributed by atoms with Crippen LogP contribution in [-0.4, -0.2) is 23.2 Å². The van der Waals surface area contributed by atoms with E-state index in [0.29, 0.717) is 16.9 Å². The van der Waals surface area contributed by atoms with E-state index in [1.807, 2.05) is 29.6 Å². The minimum Gasteiger partial charge on any atom is -0.465 e. The molecule has 0 aliphatic heterocycles. The molecule has 31 heavy (non-hydrogen) atoms. The first-order chi connectivity index (χ1) is 15.0. The number of thiophene rings is 1. The highest BCUT2D eigenvalue weighted by Crippen LogP contribution is 2.34. The van der Waals surface area contributed by atoms with E-state index in [0.717, 1.165) is 10.1 Å². The number of esters is 1. The van der Waals surface area contributed by atoms with Crippen molar-refractivity contribution in [2.45, 2.75) is 6.23 Å². The largest absolute Gasteiger partial charge is 0.465 e. The van der Waals surface area contributed by atoms with E-state index in [9.17, 15) is 14.3 Å². The zero-order valence-corrected chi connectivity index (χ0v) is 17.8. The van der Waals surface area contributed by atoms with E-state index in [2.05, 4.69) is 15.6 Å². The number of nitrogens with zero attached hydrogens (tertiary/aromatic N) is 1. The molecule has 0 radical (unpaired) electrons. The Morgan fingerprint density at radius 3 is 2.84 bits per heavy atom. The minimum absolute atomic E-state index is 0.184. The van der Waals surface area contributed by atoms with Crippen molar-refractivity contribution in [3.8, 4) is 0 Å². The smallest absolute Gasteiger partial charge is 0.339 e. The Bertz CT molecular complexity index is 1260. The molecule has 0 saturated carbocycles. The number of aliphatic hydroxyl groups excluding tert-OH is 1. The van der Waals surface area contributed by atoms with Gasteiger partial charge in [0.2, 0.25) is 0 Å². The average Bonchev–Trinajstić information content (AvgIpc) is 3.21. The Balaban J connectivity index is 1.71. The van der Waals surface area contributed by atoms with Crippen LogP contribution < -0.4 is 10.6 Å². The van der Waals surface area contributed by atoms with Gasteiger partial charge >= 0.3 is 5.97 Å². The molecule has 0 amide bonds. The van der Waals surface area contributed by atoms with Crippen LogP contribution in [0.2, 0.25) is 5.02 Å². The molecule has 9 heteroatoms. The number of nitrogens with one attached hydrogen (secondary N) is 2. The quantitative estimate of drug-likeness (QED) is 0.253. The van der Waals surface area contributed by atoms with Crippen LogP contribution in [0.5, 0.6) is 0 Å². The molecular formula is C22H17ClFN3O3S. The Morgan fingerprint density at radius 1 is 1.23 bits per heavy atom. The number of aliphatic hydroxyl groups is 1. The van der Waals surface area contributed by atoms with Crippen molar-refractivity contribution >= 4 is 56.2 Å². The Hall–Kier alpha value is -3.20. The number of halogens is 2. The molecule has 0 bridgehead atoms. The number of anilines is 3. The molecule has 0 aliphatic rings. The van der Waals surface area contributed by atoms with Crippen molar-refractivity contribution in [3.05, 3.63) is 82.1 Å². The second-order valence-corrected chi connectivity index (χ2v) is 7.91. The van der Waals surface area contributed by atoms with Gasteiger partial charge in [0.25, 0.3) is 0 Å². The number of methoxy groups -OCH3 is 1. The van der Waals surface area contributed by atoms with Gasteiger partial charge in [-0.2, -0.15) is 0 Å². The van der Waals surface area contributed by atoms with Gasteiger partial charge in [-0.25, -0.2) is 14.2 Å². The van der Waals surface area contributed by atoms with Crippen LogP contribution in [0.3, 0.4) is 0 Å². The molecule has 0 fully saturated rings. The highest BCUT2D eigenvalue weighted by atomic mass is 35.5. The predicted octanol–water partition coefficient (Wildman–Crippen LogP) is 5.72. The van der Waals surface area contributed by atoms with Crippen molar-refractivity contribution in [3.63, 3.8) is 0 Å². The van der Waals surface area contributed by atoms with Gasteiger partial charge in [-0.15, -0.1) is 11.3 Å². The fraction of sp³-hybridized carbons (Fsp3) is 0.0909. The number of carbonyl (C=O) groups excluding carboxylic acids is 1. The van der Waals surface area contributed by atoms with E-state index in [1.165, 1.54) is 48.9 Å². The third-order valence-electron chi connectivity index (χ3n) is 4.59. The number of hydrogen-bond donors (Lipinski definition) is 3. The summed E-state index contributed by atoms with van der Waals surface area (Å²) in [6.45, 7) is 0. The summed E-state index contributed by atoms with van der Waals surface area (Å²) in [7, 11) is 1.26. The van der Waals surface area contributed by atoms with E-state index >= 15 is 0 Å². The molecule has 2 aromatic heterocycles. The van der Waals surface area contributed by atoms with Crippen molar-refractivity contribution in [2.24, 2.45) is 0 Å². The molecule has 1 atom stereocenters. The maximum absolute atomic E-state index is 13.7. The van der Waals surface area contributed by atoms with Gasteiger partial charge in [0.15, 0.2) is 12.0 Å². The van der Waals surface area contributed by atoms with Gasteiger partial charge in [-0.1, -0.05) is 29.8 Å². The van der Waals surface area contributed by atoms with Gasteiger partial charge in [0.1, 0.15) is 5.82 Å². The molecule has 158 valence electrons. The van der Waals surface area contributed by atoms with Gasteiger partial charge in [0, 0.05) is 21.8 Å². The monoisotopic (exact) mass is 457 g/mol.